The first-order valence-corrected chi connectivity index (χ1v) is 19.5. The molecule has 0 fully saturated rings. The smallest absolute Gasteiger partial charge is 0.393 e. The quantitative estimate of drug-likeness (QED) is 0.123. The molecule has 0 saturated carbocycles. The molecule has 54 heavy (non-hydrogen) atoms. The Balaban J connectivity index is 0.000000414. The monoisotopic (exact) mass is 1040 g/mol. The fourth-order valence-corrected chi connectivity index (χ4v) is 6.16. The molecule has 8 rings (SSSR count). The molecule has 0 saturated heterocycles. The normalized spacial score (nSPS) is 10.1. The first kappa shape index (κ1) is 47.1. The van der Waals surface area contributed by atoms with Gasteiger partial charge in [0.2, 0.25) is 0 Å². The maximum atomic E-state index is 4.91. The van der Waals surface area contributed by atoms with Crippen LogP contribution in [0.2, 0.25) is 19.6 Å². The molecule has 0 aliphatic rings. The number of para-hydroxylation sites is 3. The number of benzene rings is 5. The Bertz CT molecular complexity index is 2300. The van der Waals surface area contributed by atoms with E-state index >= 15 is 0 Å². The minimum atomic E-state index is -1.29. The molecule has 10 heteroatoms. The summed E-state index contributed by atoms with van der Waals surface area (Å²) in [6, 6.07) is 55.9. The summed E-state index contributed by atoms with van der Waals surface area (Å²) < 4.78 is 2.14. The van der Waals surface area contributed by atoms with Gasteiger partial charge in [-0.05, 0) is 35.3 Å². The molecule has 0 unspecified atom stereocenters. The molecular weight excluding hydrogens is 1010 g/mol. The fourth-order valence-electron chi connectivity index (χ4n) is 5.26. The van der Waals surface area contributed by atoms with Crippen LogP contribution in [0.25, 0.3) is 61.9 Å². The maximum Gasteiger partial charge on any atom is 3.00 e. The Hall–Kier alpha value is -3.06. The summed E-state index contributed by atoms with van der Waals surface area (Å²) in [7, 11) is -1.29. The van der Waals surface area contributed by atoms with Crippen molar-refractivity contribution in [1.82, 2.24) is 24.5 Å². The van der Waals surface area contributed by atoms with E-state index in [0.29, 0.717) is 5.69 Å². The molecule has 3 heterocycles. The average Bonchev–Trinajstić information content (AvgIpc) is 3.56. The number of nitrogens with zero attached hydrogens (tertiary/aromatic N) is 5. The predicted molar refractivity (Wildman–Crippen MR) is 211 cm³/mol. The molecule has 0 N–H and O–H groups in total. The zero-order valence-corrected chi connectivity index (χ0v) is 39.6. The van der Waals surface area contributed by atoms with Crippen molar-refractivity contribution in [2.24, 2.45) is 0 Å². The molecule has 3 aromatic heterocycles. The van der Waals surface area contributed by atoms with Crippen LogP contribution >= 0.6 is 0 Å². The third kappa shape index (κ3) is 11.3. The van der Waals surface area contributed by atoms with Gasteiger partial charge in [-0.3, -0.25) is 45.4 Å². The van der Waals surface area contributed by atoms with Crippen LogP contribution in [0.1, 0.15) is 0 Å². The summed E-state index contributed by atoms with van der Waals surface area (Å²) in [6.45, 7) is 6.88. The van der Waals surface area contributed by atoms with Gasteiger partial charge in [0.15, 0.2) is 0 Å². The van der Waals surface area contributed by atoms with Gasteiger partial charge in [0.1, 0.15) is 0 Å². The van der Waals surface area contributed by atoms with Gasteiger partial charge in [-0.25, -0.2) is 17.7 Å². The van der Waals surface area contributed by atoms with Gasteiger partial charge in [0, 0.05) is 79.3 Å². The van der Waals surface area contributed by atoms with Crippen molar-refractivity contribution in [3.63, 3.8) is 0 Å². The molecule has 5 aromatic carbocycles. The fraction of sp³-hybridized carbons (Fsp3) is 0.0682. The molecule has 0 aliphatic heterocycles. The number of hydrogen-bond acceptors (Lipinski definition) is 4. The van der Waals surface area contributed by atoms with E-state index in [1.165, 1.54) is 5.19 Å². The number of imidazole rings is 1. The van der Waals surface area contributed by atoms with Crippen LogP contribution in [-0.2, 0) is 85.5 Å². The summed E-state index contributed by atoms with van der Waals surface area (Å²) >= 11 is 0. The van der Waals surface area contributed by atoms with Gasteiger partial charge >= 0.3 is 32.7 Å². The SMILES string of the molecule is C[Si](C)(C)c1cnc(-c2[c-]cccc2)nc1.[B].[CH3-].[Ir].[Y+3].[Y].[c-]1ccc(-c2[c-]nc(-c3[c-]cccc3)[c-]c2)[c-]c1-c1nc2ccccc2n1-c1ccccc1. The zero-order valence-electron chi connectivity index (χ0n) is 30.5. The molecule has 0 bridgehead atoms. The topological polar surface area (TPSA) is 56.5 Å². The summed E-state index contributed by atoms with van der Waals surface area (Å²) in [4.78, 5) is 18.2. The van der Waals surface area contributed by atoms with E-state index in [4.69, 9.17) is 4.98 Å². The van der Waals surface area contributed by atoms with Crippen molar-refractivity contribution in [3.05, 3.63) is 178 Å². The van der Waals surface area contributed by atoms with Gasteiger partial charge < -0.3 is 33.6 Å². The van der Waals surface area contributed by atoms with Crippen LogP contribution in [0.3, 0.4) is 0 Å². The molecule has 0 amide bonds. The van der Waals surface area contributed by atoms with Crippen LogP contribution in [0.15, 0.2) is 134 Å². The van der Waals surface area contributed by atoms with E-state index in [1.807, 2.05) is 116 Å². The van der Waals surface area contributed by atoms with E-state index in [1.54, 1.807) is 0 Å². The van der Waals surface area contributed by atoms with Crippen molar-refractivity contribution in [3.8, 4) is 50.8 Å². The first-order chi connectivity index (χ1) is 23.9. The van der Waals surface area contributed by atoms with Crippen LogP contribution in [0.4, 0.5) is 0 Å². The molecule has 0 aliphatic carbocycles. The van der Waals surface area contributed by atoms with Crippen LogP contribution in [-0.4, -0.2) is 41.0 Å². The third-order valence-corrected chi connectivity index (χ3v) is 9.89. The Kier molecular flexibility index (Phi) is 19.1. The van der Waals surface area contributed by atoms with E-state index in [-0.39, 0.29) is 101 Å². The first-order valence-electron chi connectivity index (χ1n) is 16.0. The molecular formula is C44H34BIrN5SiY2-4. The average molecular weight is 1040 g/mol. The van der Waals surface area contributed by atoms with Crippen molar-refractivity contribution in [1.29, 1.82) is 0 Å². The summed E-state index contributed by atoms with van der Waals surface area (Å²) in [6.07, 6.45) is 7.04. The van der Waals surface area contributed by atoms with Gasteiger partial charge in [-0.15, -0.1) is 53.9 Å². The molecule has 8 aromatic rings. The number of rotatable bonds is 6. The van der Waals surface area contributed by atoms with E-state index < -0.39 is 8.07 Å². The molecule has 5 nitrogen and oxygen atoms in total. The van der Waals surface area contributed by atoms with E-state index in [2.05, 4.69) is 93.9 Å². The van der Waals surface area contributed by atoms with Crippen molar-refractivity contribution < 1.29 is 85.5 Å². The number of fused-ring (bicyclic) bond motifs is 1. The second kappa shape index (κ2) is 21.9. The molecule has 5 radical (unpaired) electrons. The number of aromatic nitrogens is 5. The molecule has 0 atom stereocenters. The van der Waals surface area contributed by atoms with Crippen molar-refractivity contribution >= 4 is 32.7 Å². The van der Waals surface area contributed by atoms with E-state index in [0.717, 1.165) is 56.2 Å². The number of pyridine rings is 1. The van der Waals surface area contributed by atoms with Gasteiger partial charge in [-0.2, -0.15) is 18.2 Å². The Labute approximate surface area is 386 Å². The third-order valence-electron chi connectivity index (χ3n) is 7.90. The maximum absolute atomic E-state index is 4.91. The number of hydrogen-bond donors (Lipinski definition) is 0. The van der Waals surface area contributed by atoms with Gasteiger partial charge in [0.05, 0.1) is 24.9 Å². The molecule has 261 valence electrons. The van der Waals surface area contributed by atoms with Gasteiger partial charge in [-0.1, -0.05) is 50.0 Å². The van der Waals surface area contributed by atoms with Crippen LogP contribution in [0, 0.1) is 44.0 Å². The van der Waals surface area contributed by atoms with E-state index in [9.17, 15) is 0 Å². The Morgan fingerprint density at radius 2 is 1.28 bits per heavy atom. The van der Waals surface area contributed by atoms with Crippen molar-refractivity contribution in [2.75, 3.05) is 0 Å². The van der Waals surface area contributed by atoms with Crippen molar-refractivity contribution in [2.45, 2.75) is 19.6 Å². The summed E-state index contributed by atoms with van der Waals surface area (Å²) in [5.41, 5.74) is 8.01. The van der Waals surface area contributed by atoms with Gasteiger partial charge in [0.25, 0.3) is 0 Å². The standard InChI is InChI=1S/C30H16N3.C13H15N2Si.CH3.B.Ir.2Y/c1-3-10-22(11-4-1)27-19-18-25(21-31-27)23-12-9-13-24(20-23)30-32-28-16-7-8-17-29(28)33(30)26-14-5-2-6-15-26;1-16(2,3)12-9-14-13(15-10-12)11-7-5-4-6-8-11;;;;;/h1-10,12,14-18H;4-7,9-10H,1-3H3;1H3;;;;/q-5;2*-1;;;;+3. The van der Waals surface area contributed by atoms with Crippen LogP contribution < -0.4 is 5.19 Å². The zero-order chi connectivity index (χ0) is 33.6. The second-order valence-electron chi connectivity index (χ2n) is 12.4. The minimum Gasteiger partial charge on any atom is -0.393 e. The minimum absolute atomic E-state index is 0. The summed E-state index contributed by atoms with van der Waals surface area (Å²) in [5, 5.41) is 1.28. The molecule has 0 spiro atoms. The second-order valence-corrected chi connectivity index (χ2v) is 17.4. The summed E-state index contributed by atoms with van der Waals surface area (Å²) in [5.74, 6) is 1.54. The Morgan fingerprint density at radius 1 is 0.648 bits per heavy atom. The Morgan fingerprint density at radius 3 is 1.89 bits per heavy atom. The van der Waals surface area contributed by atoms with Crippen LogP contribution in [0.5, 0.6) is 0 Å². The predicted octanol–water partition coefficient (Wildman–Crippen LogP) is 8.97. The largest absolute Gasteiger partial charge is 3.00 e.